The second-order valence-electron chi connectivity index (χ2n) is 7.04. The molecule has 0 saturated heterocycles. The van der Waals surface area contributed by atoms with Crippen LogP contribution in [0.4, 0.5) is 0 Å². The summed E-state index contributed by atoms with van der Waals surface area (Å²) in [6.07, 6.45) is 0. The van der Waals surface area contributed by atoms with E-state index in [2.05, 4.69) is 32.9 Å². The molecule has 3 heteroatoms. The normalized spacial score (nSPS) is 29.1. The molecule has 2 nitrogen and oxygen atoms in total. The highest BCUT2D eigenvalue weighted by molar-refractivity contribution is 6.38. The molecule has 0 aliphatic heterocycles. The monoisotopic (exact) mass is 280 g/mol. The van der Waals surface area contributed by atoms with E-state index in [-0.39, 0.29) is 11.3 Å². The molecule has 1 N–H and O–H groups in total. The molecule has 1 aromatic carbocycles. The third kappa shape index (κ3) is 1.97. The second-order valence-corrected chi connectivity index (χ2v) is 7.64. The van der Waals surface area contributed by atoms with Crippen molar-refractivity contribution in [2.45, 2.75) is 50.8 Å². The van der Waals surface area contributed by atoms with Gasteiger partial charge in [0.05, 0.1) is 0 Å². The standard InChI is InChI=1S/C16H21ClO2/c1-14(2,3)11-8-6-10(7-9-11)12-15(4,5)16(12,17)13(18)19/h6-9,12H,1-5H3,(H,18,19). The van der Waals surface area contributed by atoms with E-state index in [0.29, 0.717) is 0 Å². The maximum absolute atomic E-state index is 11.4. The molecule has 0 spiro atoms. The van der Waals surface area contributed by atoms with Gasteiger partial charge in [-0.2, -0.15) is 0 Å². The Bertz CT molecular complexity index is 511. The molecule has 1 aromatic rings. The third-order valence-corrected chi connectivity index (χ3v) is 5.26. The summed E-state index contributed by atoms with van der Waals surface area (Å²) < 4.78 is 0. The summed E-state index contributed by atoms with van der Waals surface area (Å²) in [6, 6.07) is 8.17. The van der Waals surface area contributed by atoms with Crippen molar-refractivity contribution in [2.24, 2.45) is 5.41 Å². The van der Waals surface area contributed by atoms with E-state index in [1.165, 1.54) is 5.56 Å². The minimum atomic E-state index is -1.17. The molecule has 19 heavy (non-hydrogen) atoms. The zero-order valence-electron chi connectivity index (χ0n) is 12.1. The Balaban J connectivity index is 2.33. The molecule has 0 aromatic heterocycles. The van der Waals surface area contributed by atoms with Crippen LogP contribution in [0.25, 0.3) is 0 Å². The molecule has 2 atom stereocenters. The summed E-state index contributed by atoms with van der Waals surface area (Å²) in [5.74, 6) is -1.06. The number of hydrogen-bond acceptors (Lipinski definition) is 1. The van der Waals surface area contributed by atoms with Crippen molar-refractivity contribution in [3.63, 3.8) is 0 Å². The van der Waals surface area contributed by atoms with Crippen LogP contribution in [0.2, 0.25) is 0 Å². The number of halogens is 1. The number of benzene rings is 1. The predicted octanol–water partition coefficient (Wildman–Crippen LogP) is 4.17. The van der Waals surface area contributed by atoms with Crippen LogP contribution in [0.3, 0.4) is 0 Å². The fourth-order valence-electron chi connectivity index (χ4n) is 2.93. The lowest BCUT2D eigenvalue weighted by atomic mass is 9.86. The quantitative estimate of drug-likeness (QED) is 0.826. The van der Waals surface area contributed by atoms with E-state index in [1.807, 2.05) is 26.0 Å². The summed E-state index contributed by atoms with van der Waals surface area (Å²) in [5, 5.41) is 9.33. The smallest absolute Gasteiger partial charge is 0.326 e. The van der Waals surface area contributed by atoms with Crippen molar-refractivity contribution in [2.75, 3.05) is 0 Å². The van der Waals surface area contributed by atoms with Crippen LogP contribution in [0.5, 0.6) is 0 Å². The largest absolute Gasteiger partial charge is 0.480 e. The molecule has 0 amide bonds. The van der Waals surface area contributed by atoms with Gasteiger partial charge in [-0.3, -0.25) is 4.79 Å². The van der Waals surface area contributed by atoms with Crippen molar-refractivity contribution >= 4 is 17.6 Å². The third-order valence-electron chi connectivity index (χ3n) is 4.40. The van der Waals surface area contributed by atoms with Crippen LogP contribution in [0.15, 0.2) is 24.3 Å². The highest BCUT2D eigenvalue weighted by Crippen LogP contribution is 2.71. The number of aliphatic carboxylic acids is 1. The summed E-state index contributed by atoms with van der Waals surface area (Å²) in [5.41, 5.74) is 1.94. The van der Waals surface area contributed by atoms with Crippen molar-refractivity contribution in [1.29, 1.82) is 0 Å². The minimum Gasteiger partial charge on any atom is -0.480 e. The van der Waals surface area contributed by atoms with Gasteiger partial charge < -0.3 is 5.11 Å². The number of rotatable bonds is 2. The van der Waals surface area contributed by atoms with Gasteiger partial charge in [-0.1, -0.05) is 58.9 Å². The SMILES string of the molecule is CC(C)(C)c1ccc(C2C(C)(C)C2(Cl)C(=O)O)cc1. The maximum atomic E-state index is 11.4. The Kier molecular flexibility index (Phi) is 3.02. The number of alkyl halides is 1. The molecule has 1 aliphatic rings. The lowest BCUT2D eigenvalue weighted by Crippen LogP contribution is -2.21. The molecule has 0 bridgehead atoms. The fraction of sp³-hybridized carbons (Fsp3) is 0.562. The first-order valence-corrected chi connectivity index (χ1v) is 6.93. The lowest BCUT2D eigenvalue weighted by molar-refractivity contribution is -0.138. The Morgan fingerprint density at radius 1 is 1.21 bits per heavy atom. The number of carboxylic acids is 1. The summed E-state index contributed by atoms with van der Waals surface area (Å²) >= 11 is 6.30. The Morgan fingerprint density at radius 2 is 1.68 bits per heavy atom. The van der Waals surface area contributed by atoms with Gasteiger partial charge in [0.1, 0.15) is 0 Å². The van der Waals surface area contributed by atoms with Gasteiger partial charge in [-0.05, 0) is 16.5 Å². The maximum Gasteiger partial charge on any atom is 0.326 e. The molecule has 0 heterocycles. The van der Waals surface area contributed by atoms with Crippen molar-refractivity contribution in [3.8, 4) is 0 Å². The van der Waals surface area contributed by atoms with E-state index in [9.17, 15) is 9.90 Å². The highest BCUT2D eigenvalue weighted by Gasteiger charge is 2.75. The summed E-state index contributed by atoms with van der Waals surface area (Å²) in [7, 11) is 0. The van der Waals surface area contributed by atoms with E-state index in [1.54, 1.807) is 0 Å². The molecule has 2 unspecified atom stereocenters. The van der Waals surface area contributed by atoms with Crippen LogP contribution in [-0.2, 0) is 10.2 Å². The van der Waals surface area contributed by atoms with Crippen molar-refractivity contribution < 1.29 is 9.90 Å². The van der Waals surface area contributed by atoms with Gasteiger partial charge in [0.15, 0.2) is 4.87 Å². The predicted molar refractivity (Wildman–Crippen MR) is 77.9 cm³/mol. The zero-order valence-corrected chi connectivity index (χ0v) is 12.9. The topological polar surface area (TPSA) is 37.3 Å². The van der Waals surface area contributed by atoms with Crippen LogP contribution in [-0.4, -0.2) is 16.0 Å². The fourth-order valence-corrected chi connectivity index (χ4v) is 3.38. The van der Waals surface area contributed by atoms with Crippen LogP contribution in [0.1, 0.15) is 51.7 Å². The van der Waals surface area contributed by atoms with E-state index < -0.39 is 16.3 Å². The first kappa shape index (κ1) is 14.4. The molecule has 104 valence electrons. The number of carboxylic acid groups (broad SMARTS) is 1. The summed E-state index contributed by atoms with van der Waals surface area (Å²) in [4.78, 5) is 10.2. The van der Waals surface area contributed by atoms with Crippen molar-refractivity contribution in [1.82, 2.24) is 0 Å². The molecule has 1 fully saturated rings. The zero-order chi connectivity index (χ0) is 14.6. The Labute approximate surface area is 119 Å². The second kappa shape index (κ2) is 3.99. The van der Waals surface area contributed by atoms with Crippen LogP contribution >= 0.6 is 11.6 Å². The van der Waals surface area contributed by atoms with E-state index in [0.717, 1.165) is 5.56 Å². The van der Waals surface area contributed by atoms with Crippen LogP contribution < -0.4 is 0 Å². The summed E-state index contributed by atoms with van der Waals surface area (Å²) in [6.45, 7) is 10.3. The minimum absolute atomic E-state index is 0.0997. The van der Waals surface area contributed by atoms with Gasteiger partial charge in [-0.15, -0.1) is 11.6 Å². The first-order valence-electron chi connectivity index (χ1n) is 6.55. The average Bonchev–Trinajstić information content (AvgIpc) is 2.73. The van der Waals surface area contributed by atoms with Crippen molar-refractivity contribution in [3.05, 3.63) is 35.4 Å². The molecular weight excluding hydrogens is 260 g/mol. The molecule has 0 radical (unpaired) electrons. The van der Waals surface area contributed by atoms with Gasteiger partial charge in [0.25, 0.3) is 0 Å². The van der Waals surface area contributed by atoms with Crippen LogP contribution in [0, 0.1) is 5.41 Å². The number of carbonyl (C=O) groups is 1. The molecule has 1 saturated carbocycles. The van der Waals surface area contributed by atoms with E-state index >= 15 is 0 Å². The van der Waals surface area contributed by atoms with Gasteiger partial charge >= 0.3 is 5.97 Å². The lowest BCUT2D eigenvalue weighted by Gasteiger charge is -2.19. The Hall–Kier alpha value is -1.02. The highest BCUT2D eigenvalue weighted by atomic mass is 35.5. The molecule has 2 rings (SSSR count). The Morgan fingerprint density at radius 3 is 2.00 bits per heavy atom. The number of hydrogen-bond donors (Lipinski definition) is 1. The molecule has 1 aliphatic carbocycles. The van der Waals surface area contributed by atoms with Gasteiger partial charge in [0, 0.05) is 11.3 Å². The van der Waals surface area contributed by atoms with Gasteiger partial charge in [-0.25, -0.2) is 0 Å². The average molecular weight is 281 g/mol. The first-order chi connectivity index (χ1) is 8.53. The molecular formula is C16H21ClO2. The van der Waals surface area contributed by atoms with E-state index in [4.69, 9.17) is 11.6 Å². The van der Waals surface area contributed by atoms with Gasteiger partial charge in [0.2, 0.25) is 0 Å².